The molecule has 164 valence electrons. The highest BCUT2D eigenvalue weighted by atomic mass is 32.2. The van der Waals surface area contributed by atoms with Gasteiger partial charge in [-0.1, -0.05) is 18.2 Å². The molecule has 2 heterocycles. The lowest BCUT2D eigenvalue weighted by atomic mass is 9.98. The van der Waals surface area contributed by atoms with Crippen LogP contribution in [0.3, 0.4) is 0 Å². The van der Waals surface area contributed by atoms with Crippen LogP contribution in [0.1, 0.15) is 24.4 Å². The van der Waals surface area contributed by atoms with Gasteiger partial charge in [0.1, 0.15) is 0 Å². The number of sulfonamides is 1. The van der Waals surface area contributed by atoms with E-state index >= 15 is 0 Å². The van der Waals surface area contributed by atoms with Crippen molar-refractivity contribution in [1.82, 2.24) is 19.8 Å². The summed E-state index contributed by atoms with van der Waals surface area (Å²) in [6, 6.07) is 10.6. The molecular weight excluding hydrogens is 420 g/mol. The summed E-state index contributed by atoms with van der Waals surface area (Å²) in [5.74, 6) is 0.277. The molecule has 0 radical (unpaired) electrons. The van der Waals surface area contributed by atoms with Crippen molar-refractivity contribution in [1.29, 1.82) is 0 Å². The van der Waals surface area contributed by atoms with E-state index in [0.717, 1.165) is 12.8 Å². The molecule has 1 fully saturated rings. The highest BCUT2D eigenvalue weighted by Crippen LogP contribution is 2.23. The van der Waals surface area contributed by atoms with Gasteiger partial charge in [-0.25, -0.2) is 13.2 Å². The summed E-state index contributed by atoms with van der Waals surface area (Å²) in [6.07, 6.45) is 1.48. The number of urea groups is 1. The second-order valence-electron chi connectivity index (χ2n) is 7.79. The predicted molar refractivity (Wildman–Crippen MR) is 120 cm³/mol. The molecule has 2 N–H and O–H groups in total. The van der Waals surface area contributed by atoms with Gasteiger partial charge in [-0.3, -0.25) is 0 Å². The monoisotopic (exact) mass is 450 g/mol. The molecule has 1 atom stereocenters. The number of thiophene rings is 1. The van der Waals surface area contributed by atoms with E-state index in [9.17, 15) is 13.2 Å². The van der Waals surface area contributed by atoms with Crippen LogP contribution in [-0.4, -0.2) is 63.9 Å². The van der Waals surface area contributed by atoms with E-state index in [1.807, 2.05) is 25.5 Å². The topological polar surface area (TPSA) is 81.8 Å². The molecule has 9 heteroatoms. The van der Waals surface area contributed by atoms with Crippen LogP contribution < -0.4 is 10.6 Å². The minimum atomic E-state index is -3.43. The Kier molecular flexibility index (Phi) is 7.87. The summed E-state index contributed by atoms with van der Waals surface area (Å²) in [5, 5.41) is 10.0. The highest BCUT2D eigenvalue weighted by Gasteiger charge is 2.29. The number of rotatable bonds is 8. The van der Waals surface area contributed by atoms with Crippen molar-refractivity contribution in [2.45, 2.75) is 23.8 Å². The number of carbonyl (C=O) groups is 1. The molecule has 0 saturated carbocycles. The predicted octanol–water partition coefficient (Wildman–Crippen LogP) is 2.75. The average Bonchev–Trinajstić information content (AvgIpc) is 3.27. The van der Waals surface area contributed by atoms with Crippen LogP contribution in [0.4, 0.5) is 4.79 Å². The number of benzene rings is 1. The van der Waals surface area contributed by atoms with E-state index in [1.165, 1.54) is 5.56 Å². The number of piperidine rings is 1. The lowest BCUT2D eigenvalue weighted by molar-refractivity contribution is 0.224. The SMILES string of the molecule is CN(C)C(CNC(=O)NCC1CCN(S(=O)(=O)c2ccccc2)CC1)c1ccsc1. The van der Waals surface area contributed by atoms with E-state index in [0.29, 0.717) is 31.1 Å². The van der Waals surface area contributed by atoms with Crippen molar-refractivity contribution in [3.8, 4) is 0 Å². The number of hydrogen-bond donors (Lipinski definition) is 2. The molecule has 30 heavy (non-hydrogen) atoms. The Balaban J connectivity index is 1.42. The standard InChI is InChI=1S/C21H30N4O3S2/c1-24(2)20(18-10-13-29-16-18)15-23-21(26)22-14-17-8-11-25(12-9-17)30(27,28)19-6-4-3-5-7-19/h3-7,10,13,16-17,20H,8-9,11-12,14-15H2,1-2H3,(H2,22,23,26). The van der Waals surface area contributed by atoms with Crippen LogP contribution in [0.15, 0.2) is 52.1 Å². The van der Waals surface area contributed by atoms with Crippen LogP contribution >= 0.6 is 11.3 Å². The fraction of sp³-hybridized carbons (Fsp3) is 0.476. The normalized spacial score (nSPS) is 17.0. The van der Waals surface area contributed by atoms with Gasteiger partial charge in [0, 0.05) is 26.2 Å². The maximum absolute atomic E-state index is 12.7. The molecule has 1 saturated heterocycles. The summed E-state index contributed by atoms with van der Waals surface area (Å²) < 4.78 is 27.0. The number of nitrogens with one attached hydrogen (secondary N) is 2. The fourth-order valence-corrected chi connectivity index (χ4v) is 5.85. The first-order valence-electron chi connectivity index (χ1n) is 10.1. The molecule has 3 rings (SSSR count). The number of likely N-dealkylation sites (N-methyl/N-ethyl adjacent to an activating group) is 1. The van der Waals surface area contributed by atoms with Gasteiger partial charge in [-0.2, -0.15) is 15.6 Å². The van der Waals surface area contributed by atoms with Crippen molar-refractivity contribution in [3.63, 3.8) is 0 Å². The molecule has 2 aromatic rings. The lowest BCUT2D eigenvalue weighted by Gasteiger charge is -2.31. The molecule has 0 bridgehead atoms. The zero-order valence-corrected chi connectivity index (χ0v) is 19.1. The Morgan fingerprint density at radius 2 is 1.87 bits per heavy atom. The minimum absolute atomic E-state index is 0.133. The Morgan fingerprint density at radius 1 is 1.17 bits per heavy atom. The average molecular weight is 451 g/mol. The molecule has 1 aliphatic rings. The van der Waals surface area contributed by atoms with E-state index in [4.69, 9.17) is 0 Å². The van der Waals surface area contributed by atoms with Crippen molar-refractivity contribution in [2.75, 3.05) is 40.3 Å². The maximum atomic E-state index is 12.7. The quantitative estimate of drug-likeness (QED) is 0.648. The van der Waals surface area contributed by atoms with Gasteiger partial charge in [-0.05, 0) is 67.4 Å². The Hall–Kier alpha value is -1.94. The first-order chi connectivity index (χ1) is 14.4. The highest BCUT2D eigenvalue weighted by molar-refractivity contribution is 7.89. The first kappa shape index (κ1) is 22.7. The van der Waals surface area contributed by atoms with Gasteiger partial charge in [0.05, 0.1) is 10.9 Å². The van der Waals surface area contributed by atoms with Crippen LogP contribution in [0.25, 0.3) is 0 Å². The summed E-state index contributed by atoms with van der Waals surface area (Å²) in [7, 11) is 0.564. The summed E-state index contributed by atoms with van der Waals surface area (Å²) >= 11 is 1.65. The third kappa shape index (κ3) is 5.81. The number of carbonyl (C=O) groups excluding carboxylic acids is 1. The lowest BCUT2D eigenvalue weighted by Crippen LogP contribution is -2.44. The second-order valence-corrected chi connectivity index (χ2v) is 10.5. The molecule has 0 aliphatic carbocycles. The molecule has 0 spiro atoms. The van der Waals surface area contributed by atoms with Gasteiger partial charge in [-0.15, -0.1) is 0 Å². The summed E-state index contributed by atoms with van der Waals surface area (Å²) in [4.78, 5) is 14.7. The minimum Gasteiger partial charge on any atom is -0.338 e. The zero-order valence-electron chi connectivity index (χ0n) is 17.5. The fourth-order valence-electron chi connectivity index (χ4n) is 3.65. The molecule has 1 aromatic heterocycles. The summed E-state index contributed by atoms with van der Waals surface area (Å²) in [6.45, 7) is 2.04. The molecule has 1 unspecified atom stereocenters. The van der Waals surface area contributed by atoms with Crippen LogP contribution in [0.5, 0.6) is 0 Å². The van der Waals surface area contributed by atoms with Crippen molar-refractivity contribution >= 4 is 27.4 Å². The van der Waals surface area contributed by atoms with Gasteiger partial charge in [0.25, 0.3) is 0 Å². The Bertz CT molecular complexity index is 894. The molecule has 7 nitrogen and oxygen atoms in total. The first-order valence-corrected chi connectivity index (χ1v) is 12.5. The third-order valence-corrected chi connectivity index (χ3v) is 8.13. The van der Waals surface area contributed by atoms with Crippen LogP contribution in [0, 0.1) is 5.92 Å². The van der Waals surface area contributed by atoms with Gasteiger partial charge in [0.15, 0.2) is 0 Å². The van der Waals surface area contributed by atoms with Crippen molar-refractivity contribution in [2.24, 2.45) is 5.92 Å². The molecule has 2 amide bonds. The molecule has 1 aromatic carbocycles. The van der Waals surface area contributed by atoms with Gasteiger partial charge in [0.2, 0.25) is 10.0 Å². The zero-order chi connectivity index (χ0) is 21.6. The number of nitrogens with zero attached hydrogens (tertiary/aromatic N) is 2. The Labute approximate surface area is 183 Å². The van der Waals surface area contributed by atoms with Gasteiger partial charge >= 0.3 is 6.03 Å². The van der Waals surface area contributed by atoms with Gasteiger partial charge < -0.3 is 15.5 Å². The van der Waals surface area contributed by atoms with E-state index < -0.39 is 10.0 Å². The molecular formula is C21H30N4O3S2. The van der Waals surface area contributed by atoms with E-state index in [-0.39, 0.29) is 18.0 Å². The van der Waals surface area contributed by atoms with E-state index in [2.05, 4.69) is 27.0 Å². The van der Waals surface area contributed by atoms with E-state index in [1.54, 1.807) is 39.9 Å². The Morgan fingerprint density at radius 3 is 2.47 bits per heavy atom. The van der Waals surface area contributed by atoms with Crippen LogP contribution in [0.2, 0.25) is 0 Å². The number of hydrogen-bond acceptors (Lipinski definition) is 5. The second kappa shape index (κ2) is 10.4. The smallest absolute Gasteiger partial charge is 0.314 e. The third-order valence-electron chi connectivity index (χ3n) is 5.51. The summed E-state index contributed by atoms with van der Waals surface area (Å²) in [5.41, 5.74) is 1.19. The molecule has 1 aliphatic heterocycles. The largest absolute Gasteiger partial charge is 0.338 e. The van der Waals surface area contributed by atoms with Crippen LogP contribution in [-0.2, 0) is 10.0 Å². The van der Waals surface area contributed by atoms with Crippen molar-refractivity contribution < 1.29 is 13.2 Å². The van der Waals surface area contributed by atoms with Crippen molar-refractivity contribution in [3.05, 3.63) is 52.7 Å². The maximum Gasteiger partial charge on any atom is 0.314 e. The number of amides is 2.